The zero-order chi connectivity index (χ0) is 23.8. The first-order chi connectivity index (χ1) is 16.3. The molecular weight excluding hydrogens is 424 g/mol. The molecule has 0 saturated carbocycles. The Balaban J connectivity index is 1.50. The van der Waals surface area contributed by atoms with Gasteiger partial charge in [-0.1, -0.05) is 75.4 Å². The van der Waals surface area contributed by atoms with Crippen LogP contribution in [-0.2, 0) is 14.4 Å². The maximum absolute atomic E-state index is 14.0. The summed E-state index contributed by atoms with van der Waals surface area (Å²) < 4.78 is 0. The Labute approximate surface area is 198 Å². The third-order valence-corrected chi connectivity index (χ3v) is 7.46. The van der Waals surface area contributed by atoms with Crippen molar-refractivity contribution in [2.45, 2.75) is 32.9 Å². The Morgan fingerprint density at radius 2 is 1.50 bits per heavy atom. The highest BCUT2D eigenvalue weighted by molar-refractivity contribution is 6.24. The minimum absolute atomic E-state index is 0.0180. The van der Waals surface area contributed by atoms with E-state index in [-0.39, 0.29) is 23.6 Å². The summed E-state index contributed by atoms with van der Waals surface area (Å²) >= 11 is 0. The minimum atomic E-state index is -0.716. The SMILES string of the molecule is CC(C)(C)C(=O)C1C2C(=O)N(c3ccc4ccccc4c3)C(=O)C2C2c3ccccc3C=CN12. The fourth-order valence-electron chi connectivity index (χ4n) is 5.87. The van der Waals surface area contributed by atoms with Gasteiger partial charge in [0.25, 0.3) is 0 Å². The first kappa shape index (κ1) is 20.8. The van der Waals surface area contributed by atoms with Gasteiger partial charge in [-0.15, -0.1) is 0 Å². The van der Waals surface area contributed by atoms with Crippen LogP contribution < -0.4 is 4.90 Å². The summed E-state index contributed by atoms with van der Waals surface area (Å²) in [6, 6.07) is 20.4. The molecule has 3 heterocycles. The second-order valence-electron chi connectivity index (χ2n) is 10.5. The van der Waals surface area contributed by atoms with Gasteiger partial charge in [0.1, 0.15) is 6.04 Å². The number of benzene rings is 3. The summed E-state index contributed by atoms with van der Waals surface area (Å²) in [5.74, 6) is -1.86. The van der Waals surface area contributed by atoms with E-state index in [1.165, 1.54) is 4.90 Å². The molecular formula is C29H26N2O3. The molecule has 4 atom stereocenters. The number of nitrogens with zero attached hydrogens (tertiary/aromatic N) is 2. The first-order valence-corrected chi connectivity index (χ1v) is 11.7. The minimum Gasteiger partial charge on any atom is -0.359 e. The van der Waals surface area contributed by atoms with E-state index in [0.717, 1.165) is 21.9 Å². The van der Waals surface area contributed by atoms with Crippen LogP contribution in [0.4, 0.5) is 5.69 Å². The van der Waals surface area contributed by atoms with Crippen LogP contribution in [0.25, 0.3) is 16.8 Å². The van der Waals surface area contributed by atoms with Crippen LogP contribution in [0, 0.1) is 17.3 Å². The number of anilines is 1. The molecule has 6 rings (SSSR count). The summed E-state index contributed by atoms with van der Waals surface area (Å²) in [7, 11) is 0. The van der Waals surface area contributed by atoms with Gasteiger partial charge in [0.2, 0.25) is 11.8 Å². The molecule has 0 radical (unpaired) electrons. The molecule has 0 aromatic heterocycles. The normalized spacial score (nSPS) is 25.5. The lowest BCUT2D eigenvalue weighted by molar-refractivity contribution is -0.135. The van der Waals surface area contributed by atoms with Crippen molar-refractivity contribution < 1.29 is 14.4 Å². The van der Waals surface area contributed by atoms with Crippen molar-refractivity contribution in [3.8, 4) is 0 Å². The molecule has 5 nitrogen and oxygen atoms in total. The van der Waals surface area contributed by atoms with Gasteiger partial charge in [0.05, 0.1) is 23.6 Å². The molecule has 0 N–H and O–H groups in total. The molecule has 3 aromatic rings. The number of amides is 2. The number of fused-ring (bicyclic) bond motifs is 6. The van der Waals surface area contributed by atoms with E-state index in [0.29, 0.717) is 5.69 Å². The van der Waals surface area contributed by atoms with E-state index in [1.807, 2.05) is 105 Å². The van der Waals surface area contributed by atoms with Crippen molar-refractivity contribution in [1.29, 1.82) is 0 Å². The molecule has 2 saturated heterocycles. The van der Waals surface area contributed by atoms with Gasteiger partial charge in [-0.25, -0.2) is 4.90 Å². The Bertz CT molecular complexity index is 1400. The van der Waals surface area contributed by atoms with Crippen LogP contribution >= 0.6 is 0 Å². The third-order valence-electron chi connectivity index (χ3n) is 7.46. The average Bonchev–Trinajstić information content (AvgIpc) is 3.30. The van der Waals surface area contributed by atoms with Crippen molar-refractivity contribution >= 4 is 40.1 Å². The average molecular weight is 451 g/mol. The largest absolute Gasteiger partial charge is 0.359 e. The second-order valence-corrected chi connectivity index (χ2v) is 10.5. The monoisotopic (exact) mass is 450 g/mol. The number of hydrogen-bond acceptors (Lipinski definition) is 4. The highest BCUT2D eigenvalue weighted by Gasteiger charge is 2.65. The van der Waals surface area contributed by atoms with Crippen molar-refractivity contribution in [3.05, 3.63) is 84.1 Å². The molecule has 170 valence electrons. The molecule has 34 heavy (non-hydrogen) atoms. The lowest BCUT2D eigenvalue weighted by atomic mass is 9.79. The number of imide groups is 1. The van der Waals surface area contributed by atoms with Crippen LogP contribution in [0.1, 0.15) is 37.9 Å². The highest BCUT2D eigenvalue weighted by Crippen LogP contribution is 2.54. The van der Waals surface area contributed by atoms with E-state index in [4.69, 9.17) is 0 Å². The van der Waals surface area contributed by atoms with Gasteiger partial charge in [0, 0.05) is 11.6 Å². The number of carbonyl (C=O) groups is 3. The van der Waals surface area contributed by atoms with Crippen LogP contribution in [0.15, 0.2) is 72.9 Å². The Hall–Kier alpha value is -3.73. The van der Waals surface area contributed by atoms with E-state index in [1.54, 1.807) is 0 Å². The van der Waals surface area contributed by atoms with Crippen LogP contribution in [0.2, 0.25) is 0 Å². The molecule has 5 heteroatoms. The van der Waals surface area contributed by atoms with Gasteiger partial charge in [-0.3, -0.25) is 14.4 Å². The predicted octanol–water partition coefficient (Wildman–Crippen LogP) is 4.97. The Morgan fingerprint density at radius 1 is 0.824 bits per heavy atom. The number of carbonyl (C=O) groups excluding carboxylic acids is 3. The Kier molecular flexibility index (Phi) is 4.37. The third kappa shape index (κ3) is 2.82. The van der Waals surface area contributed by atoms with Gasteiger partial charge >= 0.3 is 0 Å². The van der Waals surface area contributed by atoms with E-state index in [9.17, 15) is 14.4 Å². The molecule has 3 aliphatic heterocycles. The number of hydrogen-bond donors (Lipinski definition) is 0. The van der Waals surface area contributed by atoms with Crippen molar-refractivity contribution in [2.75, 3.05) is 4.90 Å². The van der Waals surface area contributed by atoms with Crippen molar-refractivity contribution in [2.24, 2.45) is 17.3 Å². The van der Waals surface area contributed by atoms with E-state index < -0.39 is 23.3 Å². The lowest BCUT2D eigenvalue weighted by Crippen LogP contribution is -2.47. The van der Waals surface area contributed by atoms with Crippen LogP contribution in [0.3, 0.4) is 0 Å². The zero-order valence-corrected chi connectivity index (χ0v) is 19.4. The molecule has 3 aliphatic rings. The predicted molar refractivity (Wildman–Crippen MR) is 132 cm³/mol. The summed E-state index contributed by atoms with van der Waals surface area (Å²) in [5, 5.41) is 2.01. The molecule has 2 amide bonds. The summed E-state index contributed by atoms with van der Waals surface area (Å²) in [6.07, 6.45) is 3.88. The smallest absolute Gasteiger partial charge is 0.240 e. The molecule has 0 spiro atoms. The standard InChI is InChI=1S/C29H26N2O3/c1-29(2,3)26(32)25-23-22(24-21-11-7-6-9-18(21)14-15-30(24)25)27(33)31(28(23)34)20-13-12-17-8-4-5-10-19(17)16-20/h4-16,22-25H,1-3H3. The van der Waals surface area contributed by atoms with Crippen molar-refractivity contribution in [1.82, 2.24) is 4.90 Å². The zero-order valence-electron chi connectivity index (χ0n) is 19.4. The lowest BCUT2D eigenvalue weighted by Gasteiger charge is -2.37. The number of ketones is 1. The molecule has 3 aromatic carbocycles. The van der Waals surface area contributed by atoms with E-state index in [2.05, 4.69) is 0 Å². The van der Waals surface area contributed by atoms with Gasteiger partial charge in [-0.05, 0) is 40.1 Å². The highest BCUT2D eigenvalue weighted by atomic mass is 16.2. The van der Waals surface area contributed by atoms with Crippen molar-refractivity contribution in [3.63, 3.8) is 0 Å². The maximum atomic E-state index is 14.0. The van der Waals surface area contributed by atoms with Gasteiger partial charge in [0.15, 0.2) is 5.78 Å². The molecule has 2 fully saturated rings. The second kappa shape index (κ2) is 7.13. The molecule has 4 unspecified atom stereocenters. The summed E-state index contributed by atoms with van der Waals surface area (Å²) in [6.45, 7) is 5.63. The first-order valence-electron chi connectivity index (χ1n) is 11.7. The maximum Gasteiger partial charge on any atom is 0.240 e. The van der Waals surface area contributed by atoms with E-state index >= 15 is 0 Å². The summed E-state index contributed by atoms with van der Waals surface area (Å²) in [5.41, 5.74) is 1.94. The topological polar surface area (TPSA) is 57.7 Å². The van der Waals surface area contributed by atoms with Gasteiger partial charge in [-0.2, -0.15) is 0 Å². The van der Waals surface area contributed by atoms with Crippen LogP contribution in [0.5, 0.6) is 0 Å². The molecule has 0 aliphatic carbocycles. The fourth-order valence-corrected chi connectivity index (χ4v) is 5.87. The Morgan fingerprint density at radius 3 is 2.26 bits per heavy atom. The van der Waals surface area contributed by atoms with Gasteiger partial charge < -0.3 is 4.90 Å². The number of Topliss-reactive ketones (excluding diaryl/α,β-unsaturated/α-hetero) is 1. The fraction of sp³-hybridized carbons (Fsp3) is 0.276. The molecule has 0 bridgehead atoms. The van der Waals surface area contributed by atoms with Crippen LogP contribution in [-0.4, -0.2) is 28.5 Å². The quantitative estimate of drug-likeness (QED) is 0.517. The summed E-state index contributed by atoms with van der Waals surface area (Å²) in [4.78, 5) is 44.9. The number of rotatable bonds is 2.